The second-order valence-corrected chi connectivity index (χ2v) is 8.68. The lowest BCUT2D eigenvalue weighted by Gasteiger charge is -2.30. The second-order valence-electron chi connectivity index (χ2n) is 5.99. The summed E-state index contributed by atoms with van der Waals surface area (Å²) < 4.78 is 25.2. The number of benzene rings is 1. The molecule has 1 amide bonds. The molecule has 1 fully saturated rings. The van der Waals surface area contributed by atoms with Crippen molar-refractivity contribution in [3.8, 4) is 0 Å². The molecule has 0 spiro atoms. The van der Waals surface area contributed by atoms with E-state index in [-0.39, 0.29) is 34.2 Å². The van der Waals surface area contributed by atoms with Crippen LogP contribution >= 0.6 is 23.2 Å². The lowest BCUT2D eigenvalue weighted by Crippen LogP contribution is -2.47. The third-order valence-corrected chi connectivity index (χ3v) is 5.91. The smallest absolute Gasteiger partial charge is 0.240 e. The summed E-state index contributed by atoms with van der Waals surface area (Å²) in [5, 5.41) is 3.24. The van der Waals surface area contributed by atoms with Crippen LogP contribution in [0.1, 0.15) is 12.8 Å². The summed E-state index contributed by atoms with van der Waals surface area (Å²) in [6.07, 6.45) is 2.73. The van der Waals surface area contributed by atoms with Crippen LogP contribution in [0.4, 0.5) is 5.69 Å². The van der Waals surface area contributed by atoms with Gasteiger partial charge in [0.05, 0.1) is 22.0 Å². The van der Waals surface area contributed by atoms with Gasteiger partial charge >= 0.3 is 0 Å². The van der Waals surface area contributed by atoms with Crippen LogP contribution in [0.2, 0.25) is 10.0 Å². The Kier molecular flexibility index (Phi) is 6.36. The summed E-state index contributed by atoms with van der Waals surface area (Å²) in [5.74, 6) is -0.356. The summed E-state index contributed by atoms with van der Waals surface area (Å²) in [6.45, 7) is 1.48. The Morgan fingerprint density at radius 1 is 1.33 bits per heavy atom. The highest BCUT2D eigenvalue weighted by Gasteiger charge is 2.25. The van der Waals surface area contributed by atoms with Crippen LogP contribution in [0.15, 0.2) is 18.2 Å². The van der Waals surface area contributed by atoms with Crippen molar-refractivity contribution in [2.24, 2.45) is 0 Å². The first-order valence-electron chi connectivity index (χ1n) is 7.58. The molecule has 24 heavy (non-hydrogen) atoms. The average Bonchev–Trinajstić information content (AvgIpc) is 2.49. The number of nitrogens with zero attached hydrogens (tertiary/aromatic N) is 2. The summed E-state index contributed by atoms with van der Waals surface area (Å²) in [5.41, 5.74) is 0.199. The maximum atomic E-state index is 12.3. The Bertz CT molecular complexity index is 704. The maximum Gasteiger partial charge on any atom is 0.240 e. The van der Waals surface area contributed by atoms with Crippen molar-refractivity contribution >= 4 is 44.8 Å². The molecular weight excluding hydrogens is 373 g/mol. The Balaban J connectivity index is 2.12. The highest BCUT2D eigenvalue weighted by atomic mass is 35.5. The molecule has 1 aromatic carbocycles. The number of hydrogen-bond acceptors (Lipinski definition) is 4. The van der Waals surface area contributed by atoms with Crippen molar-refractivity contribution in [1.82, 2.24) is 10.2 Å². The van der Waals surface area contributed by atoms with E-state index in [1.165, 1.54) is 6.07 Å². The van der Waals surface area contributed by atoms with Crippen LogP contribution in [0, 0.1) is 0 Å². The molecule has 1 heterocycles. The van der Waals surface area contributed by atoms with E-state index in [2.05, 4.69) is 10.2 Å². The normalized spacial score (nSPS) is 16.8. The fourth-order valence-corrected chi connectivity index (χ4v) is 3.93. The van der Waals surface area contributed by atoms with E-state index in [0.29, 0.717) is 0 Å². The van der Waals surface area contributed by atoms with Gasteiger partial charge in [0.15, 0.2) is 0 Å². The van der Waals surface area contributed by atoms with Gasteiger partial charge in [-0.1, -0.05) is 29.3 Å². The number of carbonyl (C=O) groups is 1. The predicted octanol–water partition coefficient (Wildman–Crippen LogP) is 1.97. The molecule has 1 N–H and O–H groups in total. The number of likely N-dealkylation sites (tertiary alicyclic amines) is 1. The van der Waals surface area contributed by atoms with Crippen molar-refractivity contribution in [2.45, 2.75) is 18.9 Å². The summed E-state index contributed by atoms with van der Waals surface area (Å²) in [6, 6.07) is 4.74. The first kappa shape index (κ1) is 19.3. The number of amides is 1. The quantitative estimate of drug-likeness (QED) is 0.829. The SMILES string of the molecule is CN1CCC(NC(=O)CN(c2cccc(Cl)c2Cl)S(C)(=O)=O)CC1. The molecule has 0 radical (unpaired) electrons. The number of nitrogens with one attached hydrogen (secondary N) is 1. The first-order chi connectivity index (χ1) is 11.2. The third kappa shape index (κ3) is 4.99. The van der Waals surface area contributed by atoms with Crippen LogP contribution < -0.4 is 9.62 Å². The van der Waals surface area contributed by atoms with Gasteiger partial charge in [0.1, 0.15) is 6.54 Å². The van der Waals surface area contributed by atoms with Gasteiger partial charge in [0.25, 0.3) is 0 Å². The van der Waals surface area contributed by atoms with Gasteiger partial charge in [-0.2, -0.15) is 0 Å². The standard InChI is InChI=1S/C15H21Cl2N3O3S/c1-19-8-6-11(7-9-19)18-14(21)10-20(24(2,22)23)13-5-3-4-12(16)15(13)17/h3-5,11H,6-10H2,1-2H3,(H,18,21). The Morgan fingerprint density at radius 2 is 1.96 bits per heavy atom. The van der Waals surface area contributed by atoms with Crippen LogP contribution in [-0.4, -0.2) is 58.2 Å². The number of hydrogen-bond donors (Lipinski definition) is 1. The van der Waals surface area contributed by atoms with E-state index in [4.69, 9.17) is 23.2 Å². The third-order valence-electron chi connectivity index (χ3n) is 3.97. The van der Waals surface area contributed by atoms with Gasteiger partial charge in [-0.3, -0.25) is 9.10 Å². The molecule has 0 unspecified atom stereocenters. The summed E-state index contributed by atoms with van der Waals surface area (Å²) >= 11 is 12.1. The molecule has 6 nitrogen and oxygen atoms in total. The minimum absolute atomic E-state index is 0.0601. The maximum absolute atomic E-state index is 12.3. The number of carbonyl (C=O) groups excluding carboxylic acids is 1. The van der Waals surface area contributed by atoms with Crippen molar-refractivity contribution in [3.63, 3.8) is 0 Å². The van der Waals surface area contributed by atoms with E-state index < -0.39 is 10.0 Å². The minimum atomic E-state index is -3.68. The van der Waals surface area contributed by atoms with Gasteiger partial charge in [0, 0.05) is 6.04 Å². The Hall–Kier alpha value is -1.02. The van der Waals surface area contributed by atoms with E-state index in [1.807, 2.05) is 7.05 Å². The number of anilines is 1. The minimum Gasteiger partial charge on any atom is -0.352 e. The van der Waals surface area contributed by atoms with Crippen LogP contribution in [0.5, 0.6) is 0 Å². The second kappa shape index (κ2) is 7.91. The molecule has 0 bridgehead atoms. The van der Waals surface area contributed by atoms with E-state index in [1.54, 1.807) is 12.1 Å². The molecular formula is C15H21Cl2N3O3S. The zero-order valence-electron chi connectivity index (χ0n) is 13.6. The molecule has 0 aliphatic carbocycles. The molecule has 1 aromatic rings. The number of rotatable bonds is 5. The molecule has 2 rings (SSSR count). The van der Waals surface area contributed by atoms with Gasteiger partial charge in [-0.05, 0) is 45.1 Å². The summed E-state index contributed by atoms with van der Waals surface area (Å²) in [4.78, 5) is 14.5. The monoisotopic (exact) mass is 393 g/mol. The van der Waals surface area contributed by atoms with Crippen molar-refractivity contribution in [1.29, 1.82) is 0 Å². The Labute approximate surface area is 152 Å². The van der Waals surface area contributed by atoms with Gasteiger partial charge in [-0.25, -0.2) is 8.42 Å². The lowest BCUT2D eigenvalue weighted by molar-refractivity contribution is -0.120. The van der Waals surface area contributed by atoms with E-state index >= 15 is 0 Å². The zero-order chi connectivity index (χ0) is 17.9. The number of sulfonamides is 1. The number of piperidine rings is 1. The van der Waals surface area contributed by atoms with Crippen molar-refractivity contribution in [2.75, 3.05) is 37.2 Å². The highest BCUT2D eigenvalue weighted by Crippen LogP contribution is 2.33. The largest absolute Gasteiger partial charge is 0.352 e. The average molecular weight is 394 g/mol. The van der Waals surface area contributed by atoms with E-state index in [0.717, 1.165) is 36.5 Å². The summed E-state index contributed by atoms with van der Waals surface area (Å²) in [7, 11) is -1.65. The first-order valence-corrected chi connectivity index (χ1v) is 10.2. The van der Waals surface area contributed by atoms with Crippen molar-refractivity contribution in [3.05, 3.63) is 28.2 Å². The molecule has 0 saturated carbocycles. The molecule has 1 aliphatic heterocycles. The van der Waals surface area contributed by atoms with Gasteiger partial charge in [0.2, 0.25) is 15.9 Å². The van der Waals surface area contributed by atoms with Gasteiger partial charge < -0.3 is 10.2 Å². The van der Waals surface area contributed by atoms with E-state index in [9.17, 15) is 13.2 Å². The molecule has 134 valence electrons. The fraction of sp³-hybridized carbons (Fsp3) is 0.533. The zero-order valence-corrected chi connectivity index (χ0v) is 16.0. The molecule has 1 saturated heterocycles. The topological polar surface area (TPSA) is 69.7 Å². The predicted molar refractivity (Wildman–Crippen MR) is 97.3 cm³/mol. The molecule has 0 aromatic heterocycles. The van der Waals surface area contributed by atoms with Crippen LogP contribution in [0.3, 0.4) is 0 Å². The van der Waals surface area contributed by atoms with Gasteiger partial charge in [-0.15, -0.1) is 0 Å². The van der Waals surface area contributed by atoms with Crippen LogP contribution in [-0.2, 0) is 14.8 Å². The molecule has 0 atom stereocenters. The fourth-order valence-electron chi connectivity index (χ4n) is 2.62. The van der Waals surface area contributed by atoms with Crippen molar-refractivity contribution < 1.29 is 13.2 Å². The Morgan fingerprint density at radius 3 is 2.54 bits per heavy atom. The molecule has 9 heteroatoms. The number of halogens is 2. The highest BCUT2D eigenvalue weighted by molar-refractivity contribution is 7.92. The molecule has 1 aliphatic rings. The lowest BCUT2D eigenvalue weighted by atomic mass is 10.1. The van der Waals surface area contributed by atoms with Crippen LogP contribution in [0.25, 0.3) is 0 Å².